The van der Waals surface area contributed by atoms with Gasteiger partial charge in [0.2, 0.25) is 0 Å². The fourth-order valence-corrected chi connectivity index (χ4v) is 6.51. The summed E-state index contributed by atoms with van der Waals surface area (Å²) in [5, 5.41) is 0. The Bertz CT molecular complexity index is 964. The number of phosphoric ester groups is 1. The maximum atomic E-state index is 12.7. The first-order valence-corrected chi connectivity index (χ1v) is 23.1. The Kier molecular flexibility index (Phi) is 35.1. The molecule has 0 aliphatic rings. The van der Waals surface area contributed by atoms with Gasteiger partial charge in [-0.1, -0.05) is 134 Å². The number of carbonyl (C=O) groups is 2. The lowest BCUT2D eigenvalue weighted by Gasteiger charge is -2.24. The Labute approximate surface area is 326 Å². The average Bonchev–Trinajstić information content (AvgIpc) is 3.10. The van der Waals surface area contributed by atoms with Crippen molar-refractivity contribution in [3.63, 3.8) is 0 Å². The minimum Gasteiger partial charge on any atom is -0.462 e. The molecule has 9 nitrogen and oxygen atoms in total. The zero-order valence-corrected chi connectivity index (χ0v) is 35.9. The molecule has 0 aromatic heterocycles. The van der Waals surface area contributed by atoms with Gasteiger partial charge >= 0.3 is 19.8 Å². The monoisotopic (exact) mass is 773 g/mol. The zero-order valence-electron chi connectivity index (χ0n) is 35.0. The normalized spacial score (nSPS) is 13.8. The molecule has 0 saturated carbocycles. The topological polar surface area (TPSA) is 108 Å². The SMILES string of the molecule is CCCCC/C=C/CCCCCCCC(=O)OC[C@H](COP(=O)(O)OCC[N+](C)(C)C)OC(=O)CCCCCCCCC/C=C/CCCCCCCC. The number of carbonyl (C=O) groups excluding carboxylic acids is 2. The van der Waals surface area contributed by atoms with E-state index in [1.807, 2.05) is 21.1 Å². The van der Waals surface area contributed by atoms with Crippen LogP contribution in [0.5, 0.6) is 0 Å². The number of hydrogen-bond acceptors (Lipinski definition) is 7. The van der Waals surface area contributed by atoms with E-state index in [0.29, 0.717) is 17.4 Å². The summed E-state index contributed by atoms with van der Waals surface area (Å²) in [4.78, 5) is 35.3. The second kappa shape index (κ2) is 36.1. The molecule has 0 rings (SSSR count). The molecular weight excluding hydrogens is 689 g/mol. The molecule has 1 unspecified atom stereocenters. The van der Waals surface area contributed by atoms with E-state index in [9.17, 15) is 19.0 Å². The number of quaternary nitrogens is 1. The summed E-state index contributed by atoms with van der Waals surface area (Å²) in [5.41, 5.74) is 0. The van der Waals surface area contributed by atoms with E-state index in [1.165, 1.54) is 89.9 Å². The third kappa shape index (κ3) is 40.0. The maximum Gasteiger partial charge on any atom is 0.472 e. The highest BCUT2D eigenvalue weighted by molar-refractivity contribution is 7.47. The molecule has 0 heterocycles. The average molecular weight is 773 g/mol. The van der Waals surface area contributed by atoms with Gasteiger partial charge in [-0.2, -0.15) is 0 Å². The van der Waals surface area contributed by atoms with E-state index in [2.05, 4.69) is 38.2 Å². The lowest BCUT2D eigenvalue weighted by atomic mass is 10.1. The van der Waals surface area contributed by atoms with Crippen LogP contribution in [0.2, 0.25) is 0 Å². The number of allylic oxidation sites excluding steroid dienone is 4. The minimum absolute atomic E-state index is 0.0306. The molecule has 0 aromatic carbocycles. The van der Waals surface area contributed by atoms with Crippen molar-refractivity contribution >= 4 is 19.8 Å². The number of likely N-dealkylation sites (N-methyl/N-ethyl adjacent to an activating group) is 1. The van der Waals surface area contributed by atoms with E-state index in [0.717, 1.165) is 64.2 Å². The first-order valence-electron chi connectivity index (χ1n) is 21.6. The van der Waals surface area contributed by atoms with Crippen LogP contribution in [0.1, 0.15) is 187 Å². The third-order valence-corrected chi connectivity index (χ3v) is 10.2. The second-order valence-corrected chi connectivity index (χ2v) is 17.2. The van der Waals surface area contributed by atoms with Crippen molar-refractivity contribution in [2.24, 2.45) is 0 Å². The van der Waals surface area contributed by atoms with Crippen molar-refractivity contribution in [1.82, 2.24) is 0 Å². The molecule has 0 bridgehead atoms. The van der Waals surface area contributed by atoms with Gasteiger partial charge in [0.05, 0.1) is 27.7 Å². The van der Waals surface area contributed by atoms with Crippen molar-refractivity contribution in [3.8, 4) is 0 Å². The van der Waals surface area contributed by atoms with Gasteiger partial charge < -0.3 is 18.9 Å². The Balaban J connectivity index is 4.37. The van der Waals surface area contributed by atoms with Crippen LogP contribution in [0, 0.1) is 0 Å². The Morgan fingerprint density at radius 1 is 0.566 bits per heavy atom. The molecule has 312 valence electrons. The van der Waals surface area contributed by atoms with E-state index in [-0.39, 0.29) is 32.0 Å². The van der Waals surface area contributed by atoms with Gasteiger partial charge in [0.1, 0.15) is 19.8 Å². The predicted molar refractivity (Wildman–Crippen MR) is 220 cm³/mol. The molecule has 0 fully saturated rings. The Hall–Kier alpha value is -1.51. The van der Waals surface area contributed by atoms with E-state index < -0.39 is 26.5 Å². The second-order valence-electron chi connectivity index (χ2n) is 15.7. The van der Waals surface area contributed by atoms with Gasteiger partial charge in [-0.15, -0.1) is 0 Å². The van der Waals surface area contributed by atoms with Crippen LogP contribution in [0.15, 0.2) is 24.3 Å². The molecule has 0 amide bonds. The highest BCUT2D eigenvalue weighted by Crippen LogP contribution is 2.43. The summed E-state index contributed by atoms with van der Waals surface area (Å²) in [5.74, 6) is -0.812. The van der Waals surface area contributed by atoms with Crippen LogP contribution < -0.4 is 0 Å². The van der Waals surface area contributed by atoms with E-state index in [1.54, 1.807) is 0 Å². The molecule has 0 radical (unpaired) electrons. The largest absolute Gasteiger partial charge is 0.472 e. The zero-order chi connectivity index (χ0) is 39.3. The summed E-state index contributed by atoms with van der Waals surface area (Å²) >= 11 is 0. The number of phosphoric acid groups is 1. The molecule has 1 N–H and O–H groups in total. The van der Waals surface area contributed by atoms with E-state index >= 15 is 0 Å². The highest BCUT2D eigenvalue weighted by atomic mass is 31.2. The summed E-state index contributed by atoms with van der Waals surface area (Å²) in [6, 6.07) is 0. The molecule has 2 atom stereocenters. The van der Waals surface area contributed by atoms with Gasteiger partial charge in [0.25, 0.3) is 0 Å². The third-order valence-electron chi connectivity index (χ3n) is 9.20. The van der Waals surface area contributed by atoms with Crippen molar-refractivity contribution in [2.75, 3.05) is 47.5 Å². The predicted octanol–water partition coefficient (Wildman–Crippen LogP) is 12.0. The lowest BCUT2D eigenvalue weighted by molar-refractivity contribution is -0.870. The van der Waals surface area contributed by atoms with Crippen LogP contribution in [-0.2, 0) is 32.7 Å². The van der Waals surface area contributed by atoms with Crippen molar-refractivity contribution in [3.05, 3.63) is 24.3 Å². The molecule has 0 aliphatic heterocycles. The maximum absolute atomic E-state index is 12.7. The standard InChI is InChI=1S/C43H82NO8P/c1-6-8-10-12-14-16-18-20-21-22-23-24-26-28-30-32-34-36-43(46)52-41(40-51-53(47,48)50-38-37-44(3,4)5)39-49-42(45)35-33-31-29-27-25-19-17-15-13-11-9-7-2/h15,17,20-21,41H,6-14,16,18-19,22-40H2,1-5H3/p+1/b17-15+,21-20+/t41-/m1/s1. The van der Waals surface area contributed by atoms with Gasteiger partial charge in [-0.05, 0) is 64.2 Å². The molecular formula is C43H83NO8P+. The first-order chi connectivity index (χ1) is 25.5. The number of unbranched alkanes of at least 4 members (excludes halogenated alkanes) is 21. The molecule has 0 saturated heterocycles. The number of esters is 2. The molecule has 0 spiro atoms. The van der Waals surface area contributed by atoms with Crippen LogP contribution in [0.4, 0.5) is 0 Å². The molecule has 0 aliphatic carbocycles. The summed E-state index contributed by atoms with van der Waals surface area (Å²) in [6.45, 7) is 4.38. The highest BCUT2D eigenvalue weighted by Gasteiger charge is 2.27. The number of nitrogens with zero attached hydrogens (tertiary/aromatic N) is 1. The fraction of sp³-hybridized carbons (Fsp3) is 0.860. The fourth-order valence-electron chi connectivity index (χ4n) is 5.77. The summed E-state index contributed by atoms with van der Waals surface area (Å²) in [7, 11) is 1.47. The Morgan fingerprint density at radius 3 is 1.43 bits per heavy atom. The summed E-state index contributed by atoms with van der Waals surface area (Å²) < 4.78 is 34.2. The summed E-state index contributed by atoms with van der Waals surface area (Å²) in [6.07, 6.45) is 37.9. The number of rotatable bonds is 39. The number of ether oxygens (including phenoxy) is 2. The first kappa shape index (κ1) is 51.5. The minimum atomic E-state index is -4.37. The number of hydrogen-bond donors (Lipinski definition) is 1. The van der Waals surface area contributed by atoms with Gasteiger partial charge in [-0.3, -0.25) is 18.6 Å². The van der Waals surface area contributed by atoms with Crippen molar-refractivity contribution in [2.45, 2.75) is 193 Å². The van der Waals surface area contributed by atoms with Crippen molar-refractivity contribution in [1.29, 1.82) is 0 Å². The van der Waals surface area contributed by atoms with Gasteiger partial charge in [-0.25, -0.2) is 4.57 Å². The van der Waals surface area contributed by atoms with Crippen LogP contribution >= 0.6 is 7.82 Å². The molecule has 0 aromatic rings. The van der Waals surface area contributed by atoms with Crippen LogP contribution in [0.25, 0.3) is 0 Å². The van der Waals surface area contributed by atoms with Crippen LogP contribution in [-0.4, -0.2) is 74.9 Å². The molecule has 10 heteroatoms. The van der Waals surface area contributed by atoms with Crippen molar-refractivity contribution < 1.29 is 42.1 Å². The van der Waals surface area contributed by atoms with Gasteiger partial charge in [0, 0.05) is 12.8 Å². The van der Waals surface area contributed by atoms with Gasteiger partial charge in [0.15, 0.2) is 6.10 Å². The van der Waals surface area contributed by atoms with Crippen LogP contribution in [0.3, 0.4) is 0 Å². The van der Waals surface area contributed by atoms with E-state index in [4.69, 9.17) is 18.5 Å². The molecule has 53 heavy (non-hydrogen) atoms. The lowest BCUT2D eigenvalue weighted by Crippen LogP contribution is -2.37. The smallest absolute Gasteiger partial charge is 0.462 e. The Morgan fingerprint density at radius 2 is 0.962 bits per heavy atom. The quantitative estimate of drug-likeness (QED) is 0.0216.